The Kier molecular flexibility index (Phi) is 4.59. The molecule has 3 rings (SSSR count). The highest BCUT2D eigenvalue weighted by molar-refractivity contribution is 6.33. The molecule has 0 unspecified atom stereocenters. The molecule has 1 fully saturated rings. The van der Waals surface area contributed by atoms with Crippen LogP contribution in [0.25, 0.3) is 0 Å². The maximum Gasteiger partial charge on any atom is 0.417 e. The smallest absolute Gasteiger partial charge is 0.352 e. The van der Waals surface area contributed by atoms with Crippen LogP contribution in [0.4, 0.5) is 19.0 Å². The molecule has 25 heavy (non-hydrogen) atoms. The number of alkyl halides is 3. The van der Waals surface area contributed by atoms with Gasteiger partial charge in [0.2, 0.25) is 5.76 Å². The summed E-state index contributed by atoms with van der Waals surface area (Å²) in [5.41, 5.74) is -0.279. The lowest BCUT2D eigenvalue weighted by Crippen LogP contribution is -2.49. The number of anilines is 1. The molecule has 1 aliphatic rings. The van der Waals surface area contributed by atoms with E-state index >= 15 is 0 Å². The van der Waals surface area contributed by atoms with E-state index in [1.807, 2.05) is 0 Å². The van der Waals surface area contributed by atoms with E-state index in [4.69, 9.17) is 16.1 Å². The van der Waals surface area contributed by atoms with Crippen LogP contribution in [0.3, 0.4) is 0 Å². The number of aromatic nitrogens is 2. The van der Waals surface area contributed by atoms with Gasteiger partial charge in [-0.1, -0.05) is 16.8 Å². The van der Waals surface area contributed by atoms with Gasteiger partial charge in [-0.3, -0.25) is 4.79 Å². The summed E-state index contributed by atoms with van der Waals surface area (Å²) in [4.78, 5) is 19.5. The van der Waals surface area contributed by atoms with E-state index in [9.17, 15) is 18.0 Å². The van der Waals surface area contributed by atoms with Crippen LogP contribution in [-0.4, -0.2) is 47.1 Å². The molecule has 2 aromatic rings. The molecular weight excluding hydrogens is 361 g/mol. The molecule has 0 N–H and O–H groups in total. The number of pyridine rings is 1. The average molecular weight is 375 g/mol. The monoisotopic (exact) mass is 374 g/mol. The van der Waals surface area contributed by atoms with Crippen molar-refractivity contribution in [2.75, 3.05) is 31.1 Å². The zero-order valence-electron chi connectivity index (χ0n) is 13.2. The van der Waals surface area contributed by atoms with Crippen LogP contribution in [0.5, 0.6) is 0 Å². The number of carbonyl (C=O) groups excluding carboxylic acids is 1. The first-order valence-corrected chi connectivity index (χ1v) is 7.84. The Morgan fingerprint density at radius 2 is 1.92 bits per heavy atom. The van der Waals surface area contributed by atoms with Crippen LogP contribution in [0.2, 0.25) is 5.02 Å². The number of hydrogen-bond donors (Lipinski definition) is 0. The molecular formula is C15H14ClF3N4O2. The van der Waals surface area contributed by atoms with Gasteiger partial charge >= 0.3 is 6.18 Å². The van der Waals surface area contributed by atoms with Gasteiger partial charge in [0, 0.05) is 38.4 Å². The molecule has 134 valence electrons. The third-order valence-corrected chi connectivity index (χ3v) is 4.13. The number of carbonyl (C=O) groups is 1. The summed E-state index contributed by atoms with van der Waals surface area (Å²) in [5.74, 6) is 0.167. The van der Waals surface area contributed by atoms with Gasteiger partial charge in [-0.05, 0) is 13.0 Å². The Bertz CT molecular complexity index is 785. The minimum Gasteiger partial charge on any atom is -0.352 e. The first kappa shape index (κ1) is 17.5. The molecule has 0 aliphatic carbocycles. The lowest BCUT2D eigenvalue weighted by Gasteiger charge is -2.35. The molecule has 3 heterocycles. The van der Waals surface area contributed by atoms with Crippen molar-refractivity contribution in [3.05, 3.63) is 40.4 Å². The predicted octanol–water partition coefficient (Wildman–Crippen LogP) is 3.01. The fraction of sp³-hybridized carbons (Fsp3) is 0.400. The van der Waals surface area contributed by atoms with E-state index in [-0.39, 0.29) is 22.5 Å². The standard InChI is InChI=1S/C15H14ClF3N4O2/c1-9-6-12(25-21-9)14(24)23-4-2-22(3-5-23)13-11(16)7-10(8-20-13)15(17,18)19/h6-8H,2-5H2,1H3. The number of halogens is 4. The summed E-state index contributed by atoms with van der Waals surface area (Å²) in [5, 5.41) is 3.61. The van der Waals surface area contributed by atoms with Gasteiger partial charge in [-0.15, -0.1) is 0 Å². The SMILES string of the molecule is Cc1cc(C(=O)N2CCN(c3ncc(C(F)(F)F)cc3Cl)CC2)on1. The molecule has 0 aromatic carbocycles. The van der Waals surface area contributed by atoms with Crippen molar-refractivity contribution in [3.63, 3.8) is 0 Å². The second kappa shape index (κ2) is 6.55. The van der Waals surface area contributed by atoms with Crippen molar-refractivity contribution < 1.29 is 22.5 Å². The van der Waals surface area contributed by atoms with Crippen molar-refractivity contribution in [1.29, 1.82) is 0 Å². The first-order valence-electron chi connectivity index (χ1n) is 7.46. The summed E-state index contributed by atoms with van der Waals surface area (Å²) >= 11 is 5.96. The van der Waals surface area contributed by atoms with E-state index < -0.39 is 11.7 Å². The topological polar surface area (TPSA) is 62.5 Å². The fourth-order valence-electron chi connectivity index (χ4n) is 2.56. The minimum absolute atomic E-state index is 0.0690. The molecule has 1 aliphatic heterocycles. The lowest BCUT2D eigenvalue weighted by atomic mass is 10.2. The number of piperazine rings is 1. The zero-order chi connectivity index (χ0) is 18.2. The summed E-state index contributed by atoms with van der Waals surface area (Å²) in [6, 6.07) is 2.42. The van der Waals surface area contributed by atoms with E-state index in [2.05, 4.69) is 10.1 Å². The molecule has 0 radical (unpaired) electrons. The van der Waals surface area contributed by atoms with Crippen LogP contribution in [0.15, 0.2) is 22.9 Å². The minimum atomic E-state index is -4.49. The number of nitrogens with zero attached hydrogens (tertiary/aromatic N) is 4. The molecule has 2 aromatic heterocycles. The predicted molar refractivity (Wildman–Crippen MR) is 83.6 cm³/mol. The van der Waals surface area contributed by atoms with Crippen LogP contribution in [-0.2, 0) is 6.18 Å². The molecule has 0 atom stereocenters. The number of amides is 1. The van der Waals surface area contributed by atoms with Crippen LogP contribution in [0, 0.1) is 6.92 Å². The first-order chi connectivity index (χ1) is 11.8. The van der Waals surface area contributed by atoms with Crippen LogP contribution >= 0.6 is 11.6 Å². The molecule has 1 saturated heterocycles. The summed E-state index contributed by atoms with van der Waals surface area (Å²) in [6.45, 7) is 3.26. The zero-order valence-corrected chi connectivity index (χ0v) is 13.9. The van der Waals surface area contributed by atoms with Crippen molar-refractivity contribution in [1.82, 2.24) is 15.0 Å². The van der Waals surface area contributed by atoms with E-state index in [1.165, 1.54) is 0 Å². The third-order valence-electron chi connectivity index (χ3n) is 3.85. The molecule has 0 bridgehead atoms. The third kappa shape index (κ3) is 3.71. The van der Waals surface area contributed by atoms with Crippen LogP contribution < -0.4 is 4.90 Å². The Morgan fingerprint density at radius 3 is 2.44 bits per heavy atom. The summed E-state index contributed by atoms with van der Waals surface area (Å²) < 4.78 is 43.0. The van der Waals surface area contributed by atoms with Crippen molar-refractivity contribution in [3.8, 4) is 0 Å². The highest BCUT2D eigenvalue weighted by Crippen LogP contribution is 2.33. The highest BCUT2D eigenvalue weighted by Gasteiger charge is 2.32. The fourth-order valence-corrected chi connectivity index (χ4v) is 2.85. The molecule has 0 saturated carbocycles. The van der Waals surface area contributed by atoms with E-state index in [0.29, 0.717) is 31.9 Å². The Hall–Kier alpha value is -2.29. The molecule has 10 heteroatoms. The van der Waals surface area contributed by atoms with Gasteiger partial charge in [0.1, 0.15) is 5.82 Å². The van der Waals surface area contributed by atoms with Crippen molar-refractivity contribution in [2.45, 2.75) is 13.1 Å². The van der Waals surface area contributed by atoms with Crippen LogP contribution in [0.1, 0.15) is 21.8 Å². The van der Waals surface area contributed by atoms with Gasteiger partial charge in [0.25, 0.3) is 5.91 Å². The summed E-state index contributed by atoms with van der Waals surface area (Å²) in [7, 11) is 0. The largest absolute Gasteiger partial charge is 0.417 e. The second-order valence-electron chi connectivity index (χ2n) is 5.64. The van der Waals surface area contributed by atoms with Gasteiger partial charge in [0.05, 0.1) is 16.3 Å². The van der Waals surface area contributed by atoms with Gasteiger partial charge in [0.15, 0.2) is 0 Å². The Balaban J connectivity index is 1.67. The molecule has 1 amide bonds. The number of rotatable bonds is 2. The van der Waals surface area contributed by atoms with Gasteiger partial charge in [-0.2, -0.15) is 13.2 Å². The number of hydrogen-bond acceptors (Lipinski definition) is 5. The quantitative estimate of drug-likeness (QED) is 0.808. The average Bonchev–Trinajstić information content (AvgIpc) is 3.00. The maximum absolute atomic E-state index is 12.7. The lowest BCUT2D eigenvalue weighted by molar-refractivity contribution is -0.137. The second-order valence-corrected chi connectivity index (χ2v) is 6.05. The van der Waals surface area contributed by atoms with Gasteiger partial charge in [-0.25, -0.2) is 4.98 Å². The highest BCUT2D eigenvalue weighted by atomic mass is 35.5. The Morgan fingerprint density at radius 1 is 1.24 bits per heavy atom. The van der Waals surface area contributed by atoms with Gasteiger partial charge < -0.3 is 14.3 Å². The molecule has 6 nitrogen and oxygen atoms in total. The summed E-state index contributed by atoms with van der Waals surface area (Å²) in [6.07, 6.45) is -3.73. The van der Waals surface area contributed by atoms with Crippen molar-refractivity contribution >= 4 is 23.3 Å². The van der Waals surface area contributed by atoms with Crippen molar-refractivity contribution in [2.24, 2.45) is 0 Å². The van der Waals surface area contributed by atoms with E-state index in [0.717, 1.165) is 12.3 Å². The molecule has 0 spiro atoms. The van der Waals surface area contributed by atoms with E-state index in [1.54, 1.807) is 22.8 Å². The Labute approximate surface area is 146 Å². The normalized spacial score (nSPS) is 15.6. The number of aryl methyl sites for hydroxylation is 1. The maximum atomic E-state index is 12.7.